The summed E-state index contributed by atoms with van der Waals surface area (Å²) in [5.41, 5.74) is 8.25. The van der Waals surface area contributed by atoms with Crippen molar-refractivity contribution in [3.63, 3.8) is 0 Å². The maximum atomic E-state index is 11.5. The first kappa shape index (κ1) is 10.6. The van der Waals surface area contributed by atoms with Gasteiger partial charge in [0.1, 0.15) is 6.04 Å². The normalized spacial score (nSPS) is 25.7. The molecule has 0 aliphatic carbocycles. The number of amides is 1. The molecule has 2 atom stereocenters. The van der Waals surface area contributed by atoms with Gasteiger partial charge in [0.15, 0.2) is 0 Å². The van der Waals surface area contributed by atoms with Crippen molar-refractivity contribution in [3.8, 4) is 0 Å². The van der Waals surface area contributed by atoms with Gasteiger partial charge in [-0.25, -0.2) is 0 Å². The number of carbonyl (C=O) groups is 2. The number of rotatable bonds is 2. The smallest absolute Gasteiger partial charge is 0.325 e. The summed E-state index contributed by atoms with van der Waals surface area (Å²) in [6, 6.07) is -0.455. The molecule has 1 amide bonds. The van der Waals surface area contributed by atoms with Gasteiger partial charge in [0.2, 0.25) is 5.91 Å². The van der Waals surface area contributed by atoms with Crippen LogP contribution in [0.25, 0.3) is 5.53 Å². The zero-order valence-electron chi connectivity index (χ0n) is 8.30. The third-order valence-electron chi connectivity index (χ3n) is 2.58. The van der Waals surface area contributed by atoms with Gasteiger partial charge in [-0.15, -0.1) is 0 Å². The molecular weight excluding hydrogens is 182 g/mol. The molecule has 2 unspecified atom stereocenters. The van der Waals surface area contributed by atoms with E-state index in [2.05, 4.69) is 4.79 Å². The molecule has 1 heterocycles. The van der Waals surface area contributed by atoms with Gasteiger partial charge >= 0.3 is 6.21 Å². The molecule has 1 aliphatic heterocycles. The van der Waals surface area contributed by atoms with Crippen molar-refractivity contribution in [3.05, 3.63) is 5.53 Å². The van der Waals surface area contributed by atoms with Gasteiger partial charge in [-0.1, -0.05) is 6.92 Å². The SMILES string of the molecule is CC(=O)N1CCC(C)C1C(=O)C=[N+]=[N-]. The van der Waals surface area contributed by atoms with Gasteiger partial charge in [0.25, 0.3) is 5.78 Å². The lowest BCUT2D eigenvalue weighted by atomic mass is 9.99. The lowest BCUT2D eigenvalue weighted by Gasteiger charge is -2.21. The Bertz CT molecular complexity index is 307. The molecule has 0 N–H and O–H groups in total. The number of hydrogen-bond donors (Lipinski definition) is 0. The van der Waals surface area contributed by atoms with Crippen LogP contribution < -0.4 is 0 Å². The predicted molar refractivity (Wildman–Crippen MR) is 49.6 cm³/mol. The molecule has 0 radical (unpaired) electrons. The zero-order valence-corrected chi connectivity index (χ0v) is 8.30. The summed E-state index contributed by atoms with van der Waals surface area (Å²) in [5.74, 6) is -0.295. The molecule has 0 aromatic heterocycles. The van der Waals surface area contributed by atoms with Crippen LogP contribution in [0.5, 0.6) is 0 Å². The fraction of sp³-hybridized carbons (Fsp3) is 0.667. The first-order chi connectivity index (χ1) is 6.57. The highest BCUT2D eigenvalue weighted by molar-refractivity contribution is 6.28. The Morgan fingerprint density at radius 3 is 2.71 bits per heavy atom. The Labute approximate surface area is 82.3 Å². The fourth-order valence-corrected chi connectivity index (χ4v) is 1.87. The minimum Gasteiger partial charge on any atom is -0.361 e. The summed E-state index contributed by atoms with van der Waals surface area (Å²) < 4.78 is 0. The van der Waals surface area contributed by atoms with Crippen molar-refractivity contribution in [2.24, 2.45) is 5.92 Å². The molecular formula is C9H13N3O2. The Hall–Kier alpha value is -1.48. The average molecular weight is 195 g/mol. The molecule has 0 aromatic carbocycles. The highest BCUT2D eigenvalue weighted by Gasteiger charge is 2.38. The van der Waals surface area contributed by atoms with Crippen LogP contribution >= 0.6 is 0 Å². The second-order valence-corrected chi connectivity index (χ2v) is 3.57. The number of nitrogens with zero attached hydrogens (tertiary/aromatic N) is 3. The topological polar surface area (TPSA) is 73.8 Å². The quantitative estimate of drug-likeness (QED) is 0.356. The van der Waals surface area contributed by atoms with Crippen molar-refractivity contribution < 1.29 is 14.4 Å². The van der Waals surface area contributed by atoms with E-state index in [0.29, 0.717) is 6.54 Å². The number of ketones is 1. The lowest BCUT2D eigenvalue weighted by Crippen LogP contribution is -2.42. The summed E-state index contributed by atoms with van der Waals surface area (Å²) >= 11 is 0. The van der Waals surface area contributed by atoms with Crippen LogP contribution in [0, 0.1) is 5.92 Å². The van der Waals surface area contributed by atoms with E-state index in [0.717, 1.165) is 12.6 Å². The van der Waals surface area contributed by atoms with Crippen molar-refractivity contribution in [1.82, 2.24) is 4.90 Å². The minimum absolute atomic E-state index is 0.112. The van der Waals surface area contributed by atoms with Crippen LogP contribution in [-0.2, 0) is 9.59 Å². The molecule has 0 bridgehead atoms. The van der Waals surface area contributed by atoms with Crippen LogP contribution in [0.1, 0.15) is 20.3 Å². The van der Waals surface area contributed by atoms with Crippen molar-refractivity contribution >= 4 is 17.9 Å². The van der Waals surface area contributed by atoms with E-state index in [1.54, 1.807) is 0 Å². The molecule has 1 fully saturated rings. The second kappa shape index (κ2) is 4.15. The van der Waals surface area contributed by atoms with E-state index in [1.807, 2.05) is 6.92 Å². The standard InChI is InChI=1S/C9H13N3O2/c1-6-3-4-12(7(2)13)9(6)8(14)5-11-10/h5-6,9H,3-4H2,1-2H3. The Kier molecular flexibility index (Phi) is 3.14. The van der Waals surface area contributed by atoms with Gasteiger partial charge in [0.05, 0.1) is 0 Å². The summed E-state index contributed by atoms with van der Waals surface area (Å²) in [4.78, 5) is 26.9. The van der Waals surface area contributed by atoms with E-state index < -0.39 is 6.04 Å². The van der Waals surface area contributed by atoms with Crippen LogP contribution in [0.2, 0.25) is 0 Å². The predicted octanol–water partition coefficient (Wildman–Crippen LogP) is 0.113. The maximum Gasteiger partial charge on any atom is 0.325 e. The fourth-order valence-electron chi connectivity index (χ4n) is 1.87. The van der Waals surface area contributed by atoms with Crippen LogP contribution in [0.4, 0.5) is 0 Å². The molecule has 0 spiro atoms. The van der Waals surface area contributed by atoms with Crippen molar-refractivity contribution in [2.75, 3.05) is 6.54 Å². The number of Topliss-reactive ketones (excluding diaryl/α,β-unsaturated/α-hetero) is 1. The van der Waals surface area contributed by atoms with Crippen LogP contribution in [0.3, 0.4) is 0 Å². The second-order valence-electron chi connectivity index (χ2n) is 3.57. The highest BCUT2D eigenvalue weighted by atomic mass is 16.2. The maximum absolute atomic E-state index is 11.5. The molecule has 0 aromatic rings. The van der Waals surface area contributed by atoms with E-state index in [9.17, 15) is 9.59 Å². The van der Waals surface area contributed by atoms with Gasteiger partial charge < -0.3 is 10.4 Å². The number of likely N-dealkylation sites (tertiary alicyclic amines) is 1. The molecule has 0 saturated carbocycles. The average Bonchev–Trinajstić information content (AvgIpc) is 2.47. The molecule has 1 rings (SSSR count). The van der Waals surface area contributed by atoms with Crippen molar-refractivity contribution in [1.29, 1.82) is 0 Å². The molecule has 1 saturated heterocycles. The third kappa shape index (κ3) is 1.88. The molecule has 76 valence electrons. The molecule has 5 nitrogen and oxygen atoms in total. The summed E-state index contributed by atoms with van der Waals surface area (Å²) in [6.45, 7) is 3.96. The number of hydrogen-bond acceptors (Lipinski definition) is 2. The third-order valence-corrected chi connectivity index (χ3v) is 2.58. The minimum atomic E-state index is -0.455. The summed E-state index contributed by atoms with van der Waals surface area (Å²) in [6.07, 6.45) is 1.68. The van der Waals surface area contributed by atoms with Crippen molar-refractivity contribution in [2.45, 2.75) is 26.3 Å². The van der Waals surface area contributed by atoms with E-state index >= 15 is 0 Å². The molecule has 1 aliphatic rings. The van der Waals surface area contributed by atoms with Crippen LogP contribution in [0.15, 0.2) is 0 Å². The molecule has 14 heavy (non-hydrogen) atoms. The zero-order chi connectivity index (χ0) is 10.7. The van der Waals surface area contributed by atoms with E-state index in [-0.39, 0.29) is 17.6 Å². The first-order valence-corrected chi connectivity index (χ1v) is 4.56. The van der Waals surface area contributed by atoms with E-state index in [4.69, 9.17) is 5.53 Å². The monoisotopic (exact) mass is 195 g/mol. The van der Waals surface area contributed by atoms with Gasteiger partial charge in [-0.05, 0) is 12.3 Å². The Morgan fingerprint density at radius 2 is 2.21 bits per heavy atom. The summed E-state index contributed by atoms with van der Waals surface area (Å²) in [5, 5.41) is 0. The largest absolute Gasteiger partial charge is 0.361 e. The Balaban J connectivity index is 2.86. The van der Waals surface area contributed by atoms with Gasteiger partial charge in [-0.2, -0.15) is 4.79 Å². The van der Waals surface area contributed by atoms with Gasteiger partial charge in [-0.3, -0.25) is 9.59 Å². The lowest BCUT2D eigenvalue weighted by molar-refractivity contribution is -0.135. The van der Waals surface area contributed by atoms with E-state index in [1.165, 1.54) is 11.8 Å². The highest BCUT2D eigenvalue weighted by Crippen LogP contribution is 2.23. The molecule has 5 heteroatoms. The number of carbonyl (C=O) groups excluding carboxylic acids is 2. The first-order valence-electron chi connectivity index (χ1n) is 4.56. The van der Waals surface area contributed by atoms with Gasteiger partial charge in [0, 0.05) is 13.5 Å². The van der Waals surface area contributed by atoms with Crippen LogP contribution in [-0.4, -0.2) is 40.2 Å². The summed E-state index contributed by atoms with van der Waals surface area (Å²) in [7, 11) is 0. The Morgan fingerprint density at radius 1 is 1.57 bits per heavy atom.